The Morgan fingerprint density at radius 3 is 2.82 bits per heavy atom. The lowest BCUT2D eigenvalue weighted by Gasteiger charge is -2.38. The summed E-state index contributed by atoms with van der Waals surface area (Å²) in [6.45, 7) is 1.06. The van der Waals surface area contributed by atoms with Crippen molar-refractivity contribution in [2.75, 3.05) is 25.2 Å². The number of methoxy groups -OCH3 is 1. The first kappa shape index (κ1) is 16.8. The molecule has 3 heterocycles. The summed E-state index contributed by atoms with van der Waals surface area (Å²) in [5.74, 6) is 2.47. The van der Waals surface area contributed by atoms with Crippen LogP contribution in [0, 0.1) is 0 Å². The number of nitrogens with zero attached hydrogens (tertiary/aromatic N) is 3. The molecular weight excluding hydrogens is 352 g/mol. The summed E-state index contributed by atoms with van der Waals surface area (Å²) in [6.07, 6.45) is 1.80. The highest BCUT2D eigenvalue weighted by atomic mass is 16.5. The average Bonchev–Trinajstić information content (AvgIpc) is 3.18. The Bertz CT molecular complexity index is 1080. The molecule has 0 unspecified atom stereocenters. The van der Waals surface area contributed by atoms with E-state index in [4.69, 9.17) is 14.5 Å². The highest BCUT2D eigenvalue weighted by Gasteiger charge is 2.31. The molecule has 0 amide bonds. The molecule has 0 fully saturated rings. The molecule has 0 radical (unpaired) electrons. The van der Waals surface area contributed by atoms with Crippen LogP contribution in [-0.2, 0) is 4.74 Å². The van der Waals surface area contributed by atoms with Gasteiger partial charge in [-0.15, -0.1) is 0 Å². The highest BCUT2D eigenvalue weighted by Crippen LogP contribution is 2.44. The molecule has 2 aromatic carbocycles. The van der Waals surface area contributed by atoms with Gasteiger partial charge in [0.2, 0.25) is 0 Å². The number of para-hydroxylation sites is 3. The van der Waals surface area contributed by atoms with Crippen molar-refractivity contribution < 1.29 is 9.47 Å². The van der Waals surface area contributed by atoms with Crippen LogP contribution >= 0.6 is 0 Å². The standard InChI is InChI=1S/C22H20N4O2/c1-27-13-15-14-28-21-16(22-24-17-8-2-3-9-18(17)25-22)7-6-10-19(21)26(15)20-11-4-5-12-23-20/h2-12,15H,13-14H2,1H3,(H,24,25)/t15-/m0/s1. The van der Waals surface area contributed by atoms with E-state index in [1.54, 1.807) is 13.3 Å². The zero-order valence-electron chi connectivity index (χ0n) is 15.5. The highest BCUT2D eigenvalue weighted by molar-refractivity contribution is 5.84. The van der Waals surface area contributed by atoms with Crippen LogP contribution in [0.3, 0.4) is 0 Å². The van der Waals surface area contributed by atoms with E-state index in [9.17, 15) is 0 Å². The fraction of sp³-hybridized carbons (Fsp3) is 0.182. The minimum atomic E-state index is 0.0401. The zero-order valence-corrected chi connectivity index (χ0v) is 15.5. The van der Waals surface area contributed by atoms with Crippen LogP contribution in [0.4, 0.5) is 11.5 Å². The third-order valence-corrected chi connectivity index (χ3v) is 4.94. The molecule has 6 nitrogen and oxygen atoms in total. The normalized spacial score (nSPS) is 16.0. The van der Waals surface area contributed by atoms with Crippen molar-refractivity contribution >= 4 is 22.5 Å². The summed E-state index contributed by atoms with van der Waals surface area (Å²) in [5.41, 5.74) is 3.84. The van der Waals surface area contributed by atoms with Gasteiger partial charge in [0.05, 0.1) is 34.9 Å². The third-order valence-electron chi connectivity index (χ3n) is 4.94. The number of aromatic nitrogens is 3. The predicted octanol–water partition coefficient (Wildman–Crippen LogP) is 4.17. The van der Waals surface area contributed by atoms with E-state index in [-0.39, 0.29) is 6.04 Å². The van der Waals surface area contributed by atoms with Crippen LogP contribution < -0.4 is 9.64 Å². The quantitative estimate of drug-likeness (QED) is 0.582. The number of fused-ring (bicyclic) bond motifs is 2. The van der Waals surface area contributed by atoms with Gasteiger partial charge in [0.25, 0.3) is 0 Å². The van der Waals surface area contributed by atoms with Gasteiger partial charge in [0.1, 0.15) is 18.2 Å². The first-order valence-corrected chi connectivity index (χ1v) is 9.25. The van der Waals surface area contributed by atoms with Gasteiger partial charge in [-0.2, -0.15) is 0 Å². The van der Waals surface area contributed by atoms with Crippen LogP contribution in [0.15, 0.2) is 66.9 Å². The van der Waals surface area contributed by atoms with Crippen molar-refractivity contribution in [1.82, 2.24) is 15.0 Å². The summed E-state index contributed by atoms with van der Waals surface area (Å²) in [4.78, 5) is 14.9. The predicted molar refractivity (Wildman–Crippen MR) is 109 cm³/mol. The first-order valence-electron chi connectivity index (χ1n) is 9.25. The fourth-order valence-electron chi connectivity index (χ4n) is 3.71. The monoisotopic (exact) mass is 372 g/mol. The molecule has 0 spiro atoms. The van der Waals surface area contributed by atoms with Crippen molar-refractivity contribution in [3.8, 4) is 17.1 Å². The number of aromatic amines is 1. The van der Waals surface area contributed by atoms with Crippen molar-refractivity contribution in [1.29, 1.82) is 0 Å². The Morgan fingerprint density at radius 1 is 1.11 bits per heavy atom. The minimum absolute atomic E-state index is 0.0401. The van der Waals surface area contributed by atoms with Gasteiger partial charge in [-0.05, 0) is 36.4 Å². The molecule has 0 aliphatic carbocycles. The van der Waals surface area contributed by atoms with E-state index in [1.165, 1.54) is 0 Å². The van der Waals surface area contributed by atoms with Crippen molar-refractivity contribution in [3.05, 3.63) is 66.9 Å². The molecule has 0 bridgehead atoms. The second-order valence-corrected chi connectivity index (χ2v) is 6.73. The minimum Gasteiger partial charge on any atom is -0.488 e. The van der Waals surface area contributed by atoms with E-state index in [1.807, 2.05) is 54.6 Å². The summed E-state index contributed by atoms with van der Waals surface area (Å²) in [7, 11) is 1.71. The molecule has 4 aromatic rings. The summed E-state index contributed by atoms with van der Waals surface area (Å²) in [6, 6.07) is 20.1. The molecule has 6 heteroatoms. The first-order chi connectivity index (χ1) is 13.8. The lowest BCUT2D eigenvalue weighted by molar-refractivity contribution is 0.146. The van der Waals surface area contributed by atoms with Crippen LogP contribution in [0.2, 0.25) is 0 Å². The summed E-state index contributed by atoms with van der Waals surface area (Å²) >= 11 is 0. The Labute approximate surface area is 162 Å². The lowest BCUT2D eigenvalue weighted by atomic mass is 10.1. The van der Waals surface area contributed by atoms with Gasteiger partial charge < -0.3 is 19.4 Å². The van der Waals surface area contributed by atoms with Gasteiger partial charge in [-0.3, -0.25) is 0 Å². The number of nitrogens with one attached hydrogen (secondary N) is 1. The molecule has 0 saturated heterocycles. The Balaban J connectivity index is 1.65. The maximum absolute atomic E-state index is 6.21. The van der Waals surface area contributed by atoms with Crippen LogP contribution in [-0.4, -0.2) is 41.3 Å². The summed E-state index contributed by atoms with van der Waals surface area (Å²) in [5, 5.41) is 0. The number of benzene rings is 2. The molecular formula is C22H20N4O2. The van der Waals surface area contributed by atoms with Gasteiger partial charge >= 0.3 is 0 Å². The van der Waals surface area contributed by atoms with Gasteiger partial charge in [-0.1, -0.05) is 24.3 Å². The Morgan fingerprint density at radius 2 is 2.00 bits per heavy atom. The molecule has 1 atom stereocenters. The van der Waals surface area contributed by atoms with Crippen LogP contribution in [0.5, 0.6) is 5.75 Å². The van der Waals surface area contributed by atoms with Crippen molar-refractivity contribution in [2.45, 2.75) is 6.04 Å². The molecule has 28 heavy (non-hydrogen) atoms. The van der Waals surface area contributed by atoms with E-state index in [2.05, 4.69) is 20.9 Å². The molecule has 140 valence electrons. The zero-order chi connectivity index (χ0) is 18.9. The van der Waals surface area contributed by atoms with E-state index < -0.39 is 0 Å². The number of anilines is 2. The van der Waals surface area contributed by atoms with Crippen molar-refractivity contribution in [3.63, 3.8) is 0 Å². The average molecular weight is 372 g/mol. The third kappa shape index (κ3) is 2.78. The molecule has 0 saturated carbocycles. The molecule has 1 N–H and O–H groups in total. The number of hydrogen-bond donors (Lipinski definition) is 1. The smallest absolute Gasteiger partial charge is 0.154 e. The molecule has 1 aliphatic heterocycles. The number of H-pyrrole nitrogens is 1. The largest absolute Gasteiger partial charge is 0.488 e. The summed E-state index contributed by atoms with van der Waals surface area (Å²) < 4.78 is 11.6. The second kappa shape index (κ2) is 6.98. The maximum Gasteiger partial charge on any atom is 0.154 e. The van der Waals surface area contributed by atoms with Gasteiger partial charge in [0.15, 0.2) is 5.75 Å². The number of pyridine rings is 1. The number of rotatable bonds is 4. The molecule has 5 rings (SSSR count). The Kier molecular flexibility index (Phi) is 4.18. The van der Waals surface area contributed by atoms with Crippen molar-refractivity contribution in [2.24, 2.45) is 0 Å². The maximum atomic E-state index is 6.21. The number of hydrogen-bond acceptors (Lipinski definition) is 5. The van der Waals surface area contributed by atoms with Gasteiger partial charge in [-0.25, -0.2) is 9.97 Å². The fourth-order valence-corrected chi connectivity index (χ4v) is 3.71. The van der Waals surface area contributed by atoms with E-state index >= 15 is 0 Å². The van der Waals surface area contributed by atoms with Crippen LogP contribution in [0.1, 0.15) is 0 Å². The number of ether oxygens (including phenoxy) is 2. The van der Waals surface area contributed by atoms with E-state index in [0.717, 1.165) is 39.7 Å². The molecule has 1 aliphatic rings. The Hall–Kier alpha value is -3.38. The lowest BCUT2D eigenvalue weighted by Crippen LogP contribution is -2.43. The van der Waals surface area contributed by atoms with E-state index in [0.29, 0.717) is 13.2 Å². The number of imidazole rings is 1. The second-order valence-electron chi connectivity index (χ2n) is 6.73. The SMILES string of the molecule is COC[C@H]1COc2c(-c3nc4ccccc4[nH]3)cccc2N1c1ccccn1. The van der Waals surface area contributed by atoms with Gasteiger partial charge in [0, 0.05) is 13.3 Å². The van der Waals surface area contributed by atoms with Crippen LogP contribution in [0.25, 0.3) is 22.4 Å². The molecule has 2 aromatic heterocycles. The topological polar surface area (TPSA) is 63.3 Å².